The Kier molecular flexibility index (Phi) is 4.47. The molecule has 6 nitrogen and oxygen atoms in total. The molecular formula is C24H22N2O4. The number of benzene rings is 3. The molecule has 3 aromatic carbocycles. The van der Waals surface area contributed by atoms with Gasteiger partial charge in [0.15, 0.2) is 11.5 Å². The molecule has 2 heterocycles. The normalized spacial score (nSPS) is 16.8. The second-order valence-corrected chi connectivity index (χ2v) is 7.47. The molecule has 5 rings (SSSR count). The molecule has 0 saturated carbocycles. The zero-order valence-electron chi connectivity index (χ0n) is 16.8. The first kappa shape index (κ1) is 18.4. The van der Waals surface area contributed by atoms with Crippen molar-refractivity contribution in [1.29, 1.82) is 0 Å². The zero-order chi connectivity index (χ0) is 20.7. The lowest BCUT2D eigenvalue weighted by Gasteiger charge is -2.38. The lowest BCUT2D eigenvalue weighted by molar-refractivity contribution is 0.0666. The topological polar surface area (TPSA) is 60.0 Å². The van der Waals surface area contributed by atoms with Crippen LogP contribution in [0.1, 0.15) is 33.2 Å². The van der Waals surface area contributed by atoms with E-state index in [0.29, 0.717) is 29.4 Å². The van der Waals surface area contributed by atoms with Gasteiger partial charge in [0.05, 0.1) is 12.7 Å². The fourth-order valence-corrected chi connectivity index (χ4v) is 3.92. The summed E-state index contributed by atoms with van der Waals surface area (Å²) in [5, 5.41) is 3.52. The van der Waals surface area contributed by atoms with E-state index in [0.717, 1.165) is 16.8 Å². The predicted molar refractivity (Wildman–Crippen MR) is 113 cm³/mol. The molecule has 0 aromatic heterocycles. The van der Waals surface area contributed by atoms with E-state index < -0.39 is 0 Å². The number of ether oxygens (including phenoxy) is 3. The largest absolute Gasteiger partial charge is 0.493 e. The van der Waals surface area contributed by atoms with Gasteiger partial charge in [-0.1, -0.05) is 42.0 Å². The van der Waals surface area contributed by atoms with Crippen LogP contribution in [0.5, 0.6) is 17.2 Å². The van der Waals surface area contributed by atoms with Crippen molar-refractivity contribution in [2.75, 3.05) is 19.2 Å². The second kappa shape index (κ2) is 7.30. The monoisotopic (exact) mass is 402 g/mol. The molecule has 0 spiro atoms. The minimum absolute atomic E-state index is 0.0217. The molecule has 0 saturated heterocycles. The first-order chi connectivity index (χ1) is 14.6. The number of rotatable bonds is 4. The van der Waals surface area contributed by atoms with Gasteiger partial charge in [-0.15, -0.1) is 0 Å². The Labute approximate surface area is 175 Å². The summed E-state index contributed by atoms with van der Waals surface area (Å²) in [7, 11) is 1.60. The van der Waals surface area contributed by atoms with Crippen LogP contribution in [0.2, 0.25) is 0 Å². The van der Waals surface area contributed by atoms with Gasteiger partial charge in [-0.3, -0.25) is 4.79 Å². The van der Waals surface area contributed by atoms with Gasteiger partial charge in [-0.2, -0.15) is 0 Å². The molecule has 152 valence electrons. The molecule has 1 atom stereocenters. The summed E-state index contributed by atoms with van der Waals surface area (Å²) in [6.45, 7) is 2.68. The van der Waals surface area contributed by atoms with Crippen LogP contribution in [-0.4, -0.2) is 24.7 Å². The maximum Gasteiger partial charge on any atom is 0.258 e. The maximum atomic E-state index is 13.5. The third kappa shape index (κ3) is 3.10. The number of carbonyl (C=O) groups is 1. The standard InChI is InChI=1S/C24H22N2O4/c1-15-7-9-16(10-8-15)13-26-23(25-19-6-4-3-5-18(19)24(26)27)17-11-20(28-2)22-21(12-17)29-14-30-22/h3-12,23,25H,13-14H2,1-2H3/t23-/m1/s1. The number of amides is 1. The summed E-state index contributed by atoms with van der Waals surface area (Å²) in [5.74, 6) is 1.77. The van der Waals surface area contributed by atoms with E-state index in [1.54, 1.807) is 7.11 Å². The summed E-state index contributed by atoms with van der Waals surface area (Å²) in [6.07, 6.45) is -0.378. The molecule has 2 aliphatic rings. The average Bonchev–Trinajstić information content (AvgIpc) is 3.25. The van der Waals surface area contributed by atoms with Crippen LogP contribution in [0.15, 0.2) is 60.7 Å². The van der Waals surface area contributed by atoms with Gasteiger partial charge in [0.2, 0.25) is 12.5 Å². The fourth-order valence-electron chi connectivity index (χ4n) is 3.92. The van der Waals surface area contributed by atoms with Crippen molar-refractivity contribution < 1.29 is 19.0 Å². The number of methoxy groups -OCH3 is 1. The van der Waals surface area contributed by atoms with E-state index in [1.165, 1.54) is 5.56 Å². The fraction of sp³-hybridized carbons (Fsp3) is 0.208. The molecule has 0 aliphatic carbocycles. The van der Waals surface area contributed by atoms with Gasteiger partial charge < -0.3 is 24.4 Å². The molecule has 6 heteroatoms. The molecule has 3 aromatic rings. The van der Waals surface area contributed by atoms with Gasteiger partial charge >= 0.3 is 0 Å². The van der Waals surface area contributed by atoms with Crippen LogP contribution in [0, 0.1) is 6.92 Å². The van der Waals surface area contributed by atoms with Crippen LogP contribution < -0.4 is 19.5 Å². The highest BCUT2D eigenvalue weighted by molar-refractivity contribution is 6.01. The van der Waals surface area contributed by atoms with Gasteiger partial charge in [-0.05, 0) is 36.8 Å². The summed E-state index contributed by atoms with van der Waals surface area (Å²) in [5.41, 5.74) is 4.58. The predicted octanol–water partition coefficient (Wildman–Crippen LogP) is 4.50. The Morgan fingerprint density at radius 2 is 1.90 bits per heavy atom. The van der Waals surface area contributed by atoms with E-state index in [2.05, 4.69) is 36.5 Å². The first-order valence-corrected chi connectivity index (χ1v) is 9.83. The van der Waals surface area contributed by atoms with Gasteiger partial charge in [0, 0.05) is 17.8 Å². The number of para-hydroxylation sites is 1. The summed E-state index contributed by atoms with van der Waals surface area (Å²) >= 11 is 0. The zero-order valence-corrected chi connectivity index (χ0v) is 16.8. The molecule has 0 unspecified atom stereocenters. The number of nitrogens with zero attached hydrogens (tertiary/aromatic N) is 1. The number of nitrogens with one attached hydrogen (secondary N) is 1. The Morgan fingerprint density at radius 3 is 2.70 bits per heavy atom. The Morgan fingerprint density at radius 1 is 1.10 bits per heavy atom. The van der Waals surface area contributed by atoms with Crippen molar-refractivity contribution in [2.45, 2.75) is 19.6 Å². The van der Waals surface area contributed by atoms with Crippen molar-refractivity contribution >= 4 is 11.6 Å². The molecular weight excluding hydrogens is 380 g/mol. The molecule has 0 fully saturated rings. The lowest BCUT2D eigenvalue weighted by Crippen LogP contribution is -2.42. The Hall–Kier alpha value is -3.67. The van der Waals surface area contributed by atoms with Crippen LogP contribution in [-0.2, 0) is 6.54 Å². The third-order valence-corrected chi connectivity index (χ3v) is 5.49. The summed E-state index contributed by atoms with van der Waals surface area (Å²) in [6, 6.07) is 19.6. The number of fused-ring (bicyclic) bond motifs is 2. The highest BCUT2D eigenvalue weighted by Gasteiger charge is 2.34. The van der Waals surface area contributed by atoms with Crippen LogP contribution in [0.25, 0.3) is 0 Å². The van der Waals surface area contributed by atoms with Gasteiger partial charge in [0.25, 0.3) is 5.91 Å². The number of anilines is 1. The molecule has 2 aliphatic heterocycles. The van der Waals surface area contributed by atoms with E-state index in [4.69, 9.17) is 14.2 Å². The Balaban J connectivity index is 1.59. The quantitative estimate of drug-likeness (QED) is 0.696. The van der Waals surface area contributed by atoms with Crippen LogP contribution >= 0.6 is 0 Å². The third-order valence-electron chi connectivity index (χ3n) is 5.49. The van der Waals surface area contributed by atoms with Crippen LogP contribution in [0.4, 0.5) is 5.69 Å². The first-order valence-electron chi connectivity index (χ1n) is 9.83. The average molecular weight is 402 g/mol. The highest BCUT2D eigenvalue weighted by Crippen LogP contribution is 2.45. The van der Waals surface area contributed by atoms with E-state index in [9.17, 15) is 4.79 Å². The van der Waals surface area contributed by atoms with E-state index >= 15 is 0 Å². The smallest absolute Gasteiger partial charge is 0.258 e. The lowest BCUT2D eigenvalue weighted by atomic mass is 10.0. The number of aryl methyl sites for hydroxylation is 1. The minimum atomic E-state index is -0.378. The van der Waals surface area contributed by atoms with Crippen molar-refractivity contribution in [1.82, 2.24) is 4.90 Å². The van der Waals surface area contributed by atoms with Crippen LogP contribution in [0.3, 0.4) is 0 Å². The van der Waals surface area contributed by atoms with Crippen molar-refractivity contribution in [3.8, 4) is 17.2 Å². The summed E-state index contributed by atoms with van der Waals surface area (Å²) in [4.78, 5) is 15.3. The Bertz CT molecular complexity index is 1110. The molecule has 0 bridgehead atoms. The van der Waals surface area contributed by atoms with Gasteiger partial charge in [0.1, 0.15) is 6.17 Å². The summed E-state index contributed by atoms with van der Waals surface area (Å²) < 4.78 is 16.6. The van der Waals surface area contributed by atoms with E-state index in [-0.39, 0.29) is 18.9 Å². The van der Waals surface area contributed by atoms with Crippen molar-refractivity contribution in [3.63, 3.8) is 0 Å². The van der Waals surface area contributed by atoms with Crippen molar-refractivity contribution in [2.24, 2.45) is 0 Å². The number of carbonyl (C=O) groups excluding carboxylic acids is 1. The maximum absolute atomic E-state index is 13.5. The van der Waals surface area contributed by atoms with Crippen molar-refractivity contribution in [3.05, 3.63) is 82.9 Å². The molecule has 30 heavy (non-hydrogen) atoms. The number of hydrogen-bond acceptors (Lipinski definition) is 5. The molecule has 1 amide bonds. The second-order valence-electron chi connectivity index (χ2n) is 7.47. The highest BCUT2D eigenvalue weighted by atomic mass is 16.7. The van der Waals surface area contributed by atoms with E-state index in [1.807, 2.05) is 41.3 Å². The molecule has 0 radical (unpaired) electrons. The van der Waals surface area contributed by atoms with Gasteiger partial charge in [-0.25, -0.2) is 0 Å². The SMILES string of the molecule is COc1cc([C@@H]2Nc3ccccc3C(=O)N2Cc2ccc(C)cc2)cc2c1OCO2. The number of hydrogen-bond donors (Lipinski definition) is 1. The minimum Gasteiger partial charge on any atom is -0.493 e. The molecule has 1 N–H and O–H groups in total.